The van der Waals surface area contributed by atoms with Crippen molar-refractivity contribution in [3.05, 3.63) is 83.4 Å². The fourth-order valence-electron chi connectivity index (χ4n) is 4.28. The van der Waals surface area contributed by atoms with E-state index in [1.807, 2.05) is 36.5 Å². The van der Waals surface area contributed by atoms with Crippen molar-refractivity contribution < 1.29 is 4.79 Å². The maximum atomic E-state index is 12.6. The molecule has 0 bridgehead atoms. The Labute approximate surface area is 175 Å². The first-order valence-corrected chi connectivity index (χ1v) is 10.6. The van der Waals surface area contributed by atoms with Gasteiger partial charge in [-0.15, -0.1) is 0 Å². The Hall–Kier alpha value is -3.41. The Bertz CT molecular complexity index is 1130. The summed E-state index contributed by atoms with van der Waals surface area (Å²) in [7, 11) is 0. The number of hydrogen-bond acceptors (Lipinski definition) is 3. The quantitative estimate of drug-likeness (QED) is 0.516. The molecule has 2 aromatic heterocycles. The minimum atomic E-state index is 0.0430. The highest BCUT2D eigenvalue weighted by atomic mass is 16.1. The summed E-state index contributed by atoms with van der Waals surface area (Å²) in [4.78, 5) is 20.5. The monoisotopic (exact) mass is 399 g/mol. The van der Waals surface area contributed by atoms with Crippen molar-refractivity contribution in [2.45, 2.75) is 44.7 Å². The normalized spacial score (nSPS) is 15.8. The summed E-state index contributed by atoms with van der Waals surface area (Å²) in [5, 5.41) is 7.84. The Morgan fingerprint density at radius 3 is 2.83 bits per heavy atom. The van der Waals surface area contributed by atoms with Crippen LogP contribution < -0.4 is 5.32 Å². The molecule has 1 amide bonds. The van der Waals surface area contributed by atoms with E-state index in [0.29, 0.717) is 12.8 Å². The van der Waals surface area contributed by atoms with E-state index >= 15 is 0 Å². The maximum Gasteiger partial charge on any atom is 0.220 e. The Morgan fingerprint density at radius 2 is 1.97 bits per heavy atom. The molecule has 0 aliphatic heterocycles. The molecule has 2 heterocycles. The summed E-state index contributed by atoms with van der Waals surface area (Å²) in [5.74, 6) is 0.912. The number of benzene rings is 2. The molecular weight excluding hydrogens is 374 g/mol. The number of para-hydroxylation sites is 2. The molecule has 0 fully saturated rings. The number of hydrogen-bond donors (Lipinski definition) is 2. The van der Waals surface area contributed by atoms with Crippen LogP contribution in [-0.4, -0.2) is 25.7 Å². The van der Waals surface area contributed by atoms with E-state index in [1.165, 1.54) is 11.3 Å². The van der Waals surface area contributed by atoms with Crippen LogP contribution in [0.1, 0.15) is 47.9 Å². The second kappa shape index (κ2) is 8.14. The number of imidazole rings is 1. The van der Waals surface area contributed by atoms with Crippen molar-refractivity contribution in [1.82, 2.24) is 25.1 Å². The topological polar surface area (TPSA) is 75.6 Å². The summed E-state index contributed by atoms with van der Waals surface area (Å²) >= 11 is 0. The van der Waals surface area contributed by atoms with E-state index in [9.17, 15) is 4.79 Å². The van der Waals surface area contributed by atoms with Gasteiger partial charge in [-0.2, -0.15) is 5.10 Å². The van der Waals surface area contributed by atoms with Crippen LogP contribution in [0.3, 0.4) is 0 Å². The highest BCUT2D eigenvalue weighted by molar-refractivity contribution is 5.77. The summed E-state index contributed by atoms with van der Waals surface area (Å²) in [5.41, 5.74) is 5.59. The van der Waals surface area contributed by atoms with Crippen LogP contribution in [0.5, 0.6) is 0 Å². The SMILES string of the molecule is O=C(CCc1nc2ccccc2[nH]1)NC1CCCc2c1cnn2Cc1ccccc1. The number of fused-ring (bicyclic) bond motifs is 2. The predicted octanol–water partition coefficient (Wildman–Crippen LogP) is 3.93. The molecule has 6 heteroatoms. The van der Waals surface area contributed by atoms with E-state index < -0.39 is 0 Å². The first kappa shape index (κ1) is 18.6. The van der Waals surface area contributed by atoms with Crippen molar-refractivity contribution in [3.63, 3.8) is 0 Å². The second-order valence-corrected chi connectivity index (χ2v) is 7.90. The van der Waals surface area contributed by atoms with Gasteiger partial charge >= 0.3 is 0 Å². The smallest absolute Gasteiger partial charge is 0.220 e. The van der Waals surface area contributed by atoms with Crippen LogP contribution in [0.15, 0.2) is 60.8 Å². The summed E-state index contributed by atoms with van der Waals surface area (Å²) in [6, 6.07) is 18.3. The average Bonchev–Trinajstić information content (AvgIpc) is 3.38. The standard InChI is InChI=1S/C24H25N5O/c30-24(14-13-23-26-20-9-4-5-10-21(20)27-23)28-19-11-6-12-22-18(19)15-25-29(22)16-17-7-2-1-3-8-17/h1-5,7-10,15,19H,6,11-14,16H2,(H,26,27)(H,28,30). The average molecular weight is 399 g/mol. The number of aromatic amines is 1. The van der Waals surface area contributed by atoms with Crippen molar-refractivity contribution in [2.75, 3.05) is 0 Å². The van der Waals surface area contributed by atoms with Crippen molar-refractivity contribution in [2.24, 2.45) is 0 Å². The third kappa shape index (κ3) is 3.85. The molecule has 2 aromatic carbocycles. The van der Waals surface area contributed by atoms with Gasteiger partial charge in [0, 0.05) is 24.1 Å². The fraction of sp³-hybridized carbons (Fsp3) is 0.292. The number of carbonyl (C=O) groups excluding carboxylic acids is 1. The van der Waals surface area contributed by atoms with Crippen LogP contribution in [0.2, 0.25) is 0 Å². The van der Waals surface area contributed by atoms with Crippen molar-refractivity contribution >= 4 is 16.9 Å². The Kier molecular flexibility index (Phi) is 5.05. The number of amides is 1. The highest BCUT2D eigenvalue weighted by Gasteiger charge is 2.25. The summed E-state index contributed by atoms with van der Waals surface area (Å²) in [6.07, 6.45) is 5.98. The molecule has 152 valence electrons. The minimum Gasteiger partial charge on any atom is -0.349 e. The lowest BCUT2D eigenvalue weighted by molar-refractivity contribution is -0.121. The first-order chi connectivity index (χ1) is 14.8. The van der Waals surface area contributed by atoms with Gasteiger partial charge in [0.2, 0.25) is 5.91 Å². The molecule has 1 atom stereocenters. The molecular formula is C24H25N5O. The van der Waals surface area contributed by atoms with Gasteiger partial charge in [0.05, 0.1) is 29.8 Å². The molecule has 1 aliphatic carbocycles. The summed E-state index contributed by atoms with van der Waals surface area (Å²) < 4.78 is 2.08. The van der Waals surface area contributed by atoms with E-state index in [1.54, 1.807) is 0 Å². The van der Waals surface area contributed by atoms with E-state index in [-0.39, 0.29) is 11.9 Å². The minimum absolute atomic E-state index is 0.0430. The van der Waals surface area contributed by atoms with Crippen LogP contribution in [0, 0.1) is 0 Å². The lowest BCUT2D eigenvalue weighted by atomic mass is 9.92. The molecule has 5 rings (SSSR count). The third-order valence-electron chi connectivity index (χ3n) is 5.80. The Balaban J connectivity index is 1.23. The number of nitrogens with one attached hydrogen (secondary N) is 2. The zero-order valence-electron chi connectivity index (χ0n) is 16.8. The van der Waals surface area contributed by atoms with Crippen LogP contribution in [0.25, 0.3) is 11.0 Å². The van der Waals surface area contributed by atoms with Gasteiger partial charge in [-0.1, -0.05) is 42.5 Å². The van der Waals surface area contributed by atoms with Gasteiger partial charge in [0.1, 0.15) is 5.82 Å². The molecule has 0 saturated heterocycles. The van der Waals surface area contributed by atoms with Crippen LogP contribution >= 0.6 is 0 Å². The first-order valence-electron chi connectivity index (χ1n) is 10.6. The number of aromatic nitrogens is 4. The van der Waals surface area contributed by atoms with Crippen molar-refractivity contribution in [3.8, 4) is 0 Å². The molecule has 0 spiro atoms. The molecule has 0 saturated carbocycles. The van der Waals surface area contributed by atoms with E-state index in [0.717, 1.165) is 48.2 Å². The lowest BCUT2D eigenvalue weighted by Crippen LogP contribution is -2.31. The fourth-order valence-corrected chi connectivity index (χ4v) is 4.28. The van der Waals surface area contributed by atoms with Gasteiger partial charge in [-0.25, -0.2) is 4.98 Å². The van der Waals surface area contributed by atoms with E-state index in [4.69, 9.17) is 0 Å². The zero-order valence-corrected chi connectivity index (χ0v) is 16.8. The van der Waals surface area contributed by atoms with Gasteiger partial charge in [0.25, 0.3) is 0 Å². The molecule has 1 aliphatic rings. The van der Waals surface area contributed by atoms with Gasteiger partial charge in [-0.05, 0) is 37.0 Å². The maximum absolute atomic E-state index is 12.6. The molecule has 6 nitrogen and oxygen atoms in total. The lowest BCUT2D eigenvalue weighted by Gasteiger charge is -2.24. The van der Waals surface area contributed by atoms with Crippen LogP contribution in [-0.2, 0) is 24.2 Å². The molecule has 1 unspecified atom stereocenters. The van der Waals surface area contributed by atoms with Gasteiger partial charge in [0.15, 0.2) is 0 Å². The van der Waals surface area contributed by atoms with Crippen LogP contribution in [0.4, 0.5) is 0 Å². The van der Waals surface area contributed by atoms with Crippen molar-refractivity contribution in [1.29, 1.82) is 0 Å². The third-order valence-corrected chi connectivity index (χ3v) is 5.80. The number of rotatable bonds is 6. The predicted molar refractivity (Wildman–Crippen MR) is 116 cm³/mol. The molecule has 30 heavy (non-hydrogen) atoms. The zero-order chi connectivity index (χ0) is 20.3. The number of aryl methyl sites for hydroxylation is 1. The van der Waals surface area contributed by atoms with Gasteiger partial charge < -0.3 is 10.3 Å². The largest absolute Gasteiger partial charge is 0.349 e. The number of nitrogens with zero attached hydrogens (tertiary/aromatic N) is 3. The number of H-pyrrole nitrogens is 1. The Morgan fingerprint density at radius 1 is 1.13 bits per heavy atom. The van der Waals surface area contributed by atoms with Gasteiger partial charge in [-0.3, -0.25) is 9.48 Å². The number of carbonyl (C=O) groups is 1. The summed E-state index contributed by atoms with van der Waals surface area (Å²) in [6.45, 7) is 0.767. The molecule has 0 radical (unpaired) electrons. The highest BCUT2D eigenvalue weighted by Crippen LogP contribution is 2.30. The second-order valence-electron chi connectivity index (χ2n) is 7.90. The van der Waals surface area contributed by atoms with E-state index in [2.05, 4.69) is 49.3 Å². The molecule has 2 N–H and O–H groups in total. The molecule has 4 aromatic rings.